The third-order valence-corrected chi connectivity index (χ3v) is 3.14. The van der Waals surface area contributed by atoms with Crippen molar-refractivity contribution in [1.29, 1.82) is 0 Å². The highest BCUT2D eigenvalue weighted by Gasteiger charge is 2.25. The Morgan fingerprint density at radius 3 is 2.90 bits per heavy atom. The third kappa shape index (κ3) is 2.89. The van der Waals surface area contributed by atoms with Gasteiger partial charge in [-0.3, -0.25) is 9.69 Å². The quantitative estimate of drug-likeness (QED) is 0.617. The summed E-state index contributed by atoms with van der Waals surface area (Å²) in [4.78, 5) is 25.5. The van der Waals surface area contributed by atoms with Crippen LogP contribution in [0.4, 0.5) is 5.82 Å². The Kier molecular flexibility index (Phi) is 4.22. The number of amides is 1. The molecule has 0 radical (unpaired) electrons. The van der Waals surface area contributed by atoms with Gasteiger partial charge in [-0.2, -0.15) is 5.10 Å². The summed E-state index contributed by atoms with van der Waals surface area (Å²) in [5, 5.41) is 4.34. The van der Waals surface area contributed by atoms with Gasteiger partial charge < -0.3 is 4.74 Å². The summed E-state index contributed by atoms with van der Waals surface area (Å²) >= 11 is 0. The fourth-order valence-electron chi connectivity index (χ4n) is 2.24. The molecule has 0 fully saturated rings. The number of carbonyl (C=O) groups is 2. The van der Waals surface area contributed by atoms with Crippen molar-refractivity contribution in [2.45, 2.75) is 33.2 Å². The molecule has 1 aromatic rings. The van der Waals surface area contributed by atoms with E-state index in [0.29, 0.717) is 6.54 Å². The van der Waals surface area contributed by atoms with E-state index in [-0.39, 0.29) is 24.5 Å². The Bertz CT molecular complexity index is 548. The predicted molar refractivity (Wildman–Crippen MR) is 74.3 cm³/mol. The third-order valence-electron chi connectivity index (χ3n) is 3.14. The van der Waals surface area contributed by atoms with Gasteiger partial charge >= 0.3 is 5.97 Å². The first kappa shape index (κ1) is 14.3. The van der Waals surface area contributed by atoms with Gasteiger partial charge in [-0.1, -0.05) is 6.58 Å². The van der Waals surface area contributed by atoms with Crippen molar-refractivity contribution >= 4 is 17.7 Å². The van der Waals surface area contributed by atoms with Gasteiger partial charge in [-0.25, -0.2) is 9.48 Å². The number of rotatable bonds is 4. The van der Waals surface area contributed by atoms with E-state index in [1.54, 1.807) is 11.8 Å². The van der Waals surface area contributed by atoms with Crippen LogP contribution >= 0.6 is 0 Å². The summed E-state index contributed by atoms with van der Waals surface area (Å²) in [7, 11) is 0. The molecule has 20 heavy (non-hydrogen) atoms. The Hall–Kier alpha value is -2.11. The Morgan fingerprint density at radius 1 is 1.45 bits per heavy atom. The highest BCUT2D eigenvalue weighted by Crippen LogP contribution is 2.23. The molecule has 1 amide bonds. The van der Waals surface area contributed by atoms with Gasteiger partial charge in [0.15, 0.2) is 0 Å². The molecule has 0 N–H and O–H groups in total. The van der Waals surface area contributed by atoms with E-state index in [1.165, 1.54) is 0 Å². The van der Waals surface area contributed by atoms with Crippen LogP contribution in [0.3, 0.4) is 0 Å². The number of hydrogen-bond donors (Lipinski definition) is 0. The van der Waals surface area contributed by atoms with Crippen molar-refractivity contribution in [2.24, 2.45) is 0 Å². The van der Waals surface area contributed by atoms with Crippen LogP contribution in [0, 0.1) is 6.92 Å². The first-order chi connectivity index (χ1) is 9.52. The number of nitrogens with zero attached hydrogens (tertiary/aromatic N) is 3. The number of ether oxygens (including phenoxy) is 1. The van der Waals surface area contributed by atoms with Crippen LogP contribution in [0.1, 0.15) is 25.5 Å². The molecule has 6 nitrogen and oxygen atoms in total. The fraction of sp³-hybridized carbons (Fsp3) is 0.500. The zero-order valence-electron chi connectivity index (χ0n) is 11.9. The summed E-state index contributed by atoms with van der Waals surface area (Å²) in [5.74, 6) is 0.127. The minimum Gasteiger partial charge on any atom is -0.463 e. The van der Waals surface area contributed by atoms with E-state index in [4.69, 9.17) is 4.74 Å². The standard InChI is InChI=1S/C14H19N3O3/c1-4-20-14(19)10(2)8-13(18)16-6-5-7-17-12(16)9-11(3)15-17/h9H,2,4-8H2,1,3H3. The lowest BCUT2D eigenvalue weighted by atomic mass is 10.2. The molecule has 6 heteroatoms. The molecule has 0 aromatic carbocycles. The van der Waals surface area contributed by atoms with Crippen LogP contribution in [0.25, 0.3) is 0 Å². The van der Waals surface area contributed by atoms with Gasteiger partial charge in [-0.15, -0.1) is 0 Å². The molecule has 0 saturated carbocycles. The molecule has 0 bridgehead atoms. The maximum absolute atomic E-state index is 12.3. The number of aryl methyl sites for hydroxylation is 2. The number of anilines is 1. The fourth-order valence-corrected chi connectivity index (χ4v) is 2.24. The summed E-state index contributed by atoms with van der Waals surface area (Å²) in [5.41, 5.74) is 1.06. The summed E-state index contributed by atoms with van der Waals surface area (Å²) < 4.78 is 6.66. The van der Waals surface area contributed by atoms with Crippen LogP contribution in [0.2, 0.25) is 0 Å². The lowest BCUT2D eigenvalue weighted by Gasteiger charge is -2.27. The van der Waals surface area contributed by atoms with E-state index in [0.717, 1.165) is 24.5 Å². The van der Waals surface area contributed by atoms with Crippen LogP contribution in [0.15, 0.2) is 18.2 Å². The molecule has 0 aliphatic carbocycles. The average Bonchev–Trinajstić information content (AvgIpc) is 2.78. The minimum absolute atomic E-state index is 0.0247. The second-order valence-corrected chi connectivity index (χ2v) is 4.77. The maximum atomic E-state index is 12.3. The average molecular weight is 277 g/mol. The van der Waals surface area contributed by atoms with Gasteiger partial charge in [0.05, 0.1) is 18.7 Å². The molecule has 1 aliphatic rings. The largest absolute Gasteiger partial charge is 0.463 e. The number of hydrogen-bond acceptors (Lipinski definition) is 4. The first-order valence-corrected chi connectivity index (χ1v) is 6.72. The summed E-state index contributed by atoms with van der Waals surface area (Å²) in [6, 6.07) is 1.88. The minimum atomic E-state index is -0.512. The molecule has 2 heterocycles. The summed E-state index contributed by atoms with van der Waals surface area (Å²) in [6.07, 6.45) is 0.828. The molecule has 0 spiro atoms. The van der Waals surface area contributed by atoms with Gasteiger partial charge in [0.1, 0.15) is 5.82 Å². The molecule has 108 valence electrons. The van der Waals surface area contributed by atoms with Crippen molar-refractivity contribution < 1.29 is 14.3 Å². The Balaban J connectivity index is 2.07. The van der Waals surface area contributed by atoms with Crippen molar-refractivity contribution in [3.63, 3.8) is 0 Å². The maximum Gasteiger partial charge on any atom is 0.333 e. The predicted octanol–water partition coefficient (Wildman–Crippen LogP) is 1.44. The van der Waals surface area contributed by atoms with E-state index in [9.17, 15) is 9.59 Å². The zero-order valence-corrected chi connectivity index (χ0v) is 11.9. The number of fused-ring (bicyclic) bond motifs is 1. The second-order valence-electron chi connectivity index (χ2n) is 4.77. The Labute approximate surface area is 118 Å². The van der Waals surface area contributed by atoms with E-state index < -0.39 is 5.97 Å². The van der Waals surface area contributed by atoms with Crippen molar-refractivity contribution in [3.8, 4) is 0 Å². The van der Waals surface area contributed by atoms with Crippen LogP contribution in [-0.2, 0) is 20.9 Å². The van der Waals surface area contributed by atoms with E-state index >= 15 is 0 Å². The second kappa shape index (κ2) is 5.90. The van der Waals surface area contributed by atoms with Gasteiger partial charge in [-0.05, 0) is 20.3 Å². The summed E-state index contributed by atoms with van der Waals surface area (Å²) in [6.45, 7) is 8.97. The lowest BCUT2D eigenvalue weighted by molar-refractivity contribution is -0.139. The molecule has 0 unspecified atom stereocenters. The molecule has 0 saturated heterocycles. The zero-order chi connectivity index (χ0) is 14.7. The molecule has 2 rings (SSSR count). The Morgan fingerprint density at radius 2 is 2.20 bits per heavy atom. The first-order valence-electron chi connectivity index (χ1n) is 6.72. The topological polar surface area (TPSA) is 64.4 Å². The molecule has 0 atom stereocenters. The van der Waals surface area contributed by atoms with Gasteiger partial charge in [0, 0.05) is 24.7 Å². The smallest absolute Gasteiger partial charge is 0.333 e. The lowest BCUT2D eigenvalue weighted by Crippen LogP contribution is -2.38. The normalized spacial score (nSPS) is 13.8. The van der Waals surface area contributed by atoms with Crippen LogP contribution in [-0.4, -0.2) is 34.8 Å². The van der Waals surface area contributed by atoms with Crippen molar-refractivity contribution in [3.05, 3.63) is 23.9 Å². The van der Waals surface area contributed by atoms with Gasteiger partial charge in [0.2, 0.25) is 5.91 Å². The monoisotopic (exact) mass is 277 g/mol. The number of aromatic nitrogens is 2. The highest BCUT2D eigenvalue weighted by atomic mass is 16.5. The number of carbonyl (C=O) groups excluding carboxylic acids is 2. The highest BCUT2D eigenvalue weighted by molar-refractivity contribution is 6.00. The molecular formula is C14H19N3O3. The van der Waals surface area contributed by atoms with E-state index in [2.05, 4.69) is 11.7 Å². The van der Waals surface area contributed by atoms with Crippen LogP contribution in [0.5, 0.6) is 0 Å². The van der Waals surface area contributed by atoms with E-state index in [1.807, 2.05) is 17.7 Å². The molecule has 1 aliphatic heterocycles. The SMILES string of the molecule is C=C(CC(=O)N1CCCn2nc(C)cc21)C(=O)OCC. The van der Waals surface area contributed by atoms with Crippen LogP contribution < -0.4 is 4.90 Å². The van der Waals surface area contributed by atoms with Gasteiger partial charge in [0.25, 0.3) is 0 Å². The van der Waals surface area contributed by atoms with Crippen molar-refractivity contribution in [2.75, 3.05) is 18.1 Å². The number of esters is 1. The molecule has 1 aromatic heterocycles. The molecular weight excluding hydrogens is 258 g/mol. The van der Waals surface area contributed by atoms with Crippen molar-refractivity contribution in [1.82, 2.24) is 9.78 Å².